The van der Waals surface area contributed by atoms with E-state index in [1.807, 2.05) is 24.3 Å². The van der Waals surface area contributed by atoms with Crippen LogP contribution < -0.4 is 0 Å². The molecule has 0 atom stereocenters. The minimum atomic E-state index is 0.973. The molecule has 0 nitrogen and oxygen atoms in total. The van der Waals surface area contributed by atoms with Gasteiger partial charge in [-0.05, 0) is 50.9 Å². The predicted molar refractivity (Wildman–Crippen MR) is 109 cm³/mol. The van der Waals surface area contributed by atoms with Gasteiger partial charge in [0.25, 0.3) is 0 Å². The standard InChI is InChI=1S/C20H14S3/c21-18-6-2-4-16-15(18)10-9-14(20(16)23)13-8-7-12-3-1-5-19(22)17(12)11-13/h1-11,21-23H. The molecular weight excluding hydrogens is 336 g/mol. The van der Waals surface area contributed by atoms with Crippen molar-refractivity contribution in [1.29, 1.82) is 0 Å². The zero-order valence-corrected chi connectivity index (χ0v) is 14.9. The normalized spacial score (nSPS) is 11.3. The van der Waals surface area contributed by atoms with E-state index in [4.69, 9.17) is 12.6 Å². The topological polar surface area (TPSA) is 0 Å². The van der Waals surface area contributed by atoms with Crippen molar-refractivity contribution in [3.63, 3.8) is 0 Å². The van der Waals surface area contributed by atoms with Gasteiger partial charge in [-0.25, -0.2) is 0 Å². The Labute approximate surface area is 151 Å². The van der Waals surface area contributed by atoms with Gasteiger partial charge in [0.15, 0.2) is 0 Å². The molecule has 0 spiro atoms. The van der Waals surface area contributed by atoms with Crippen LogP contribution in [0.4, 0.5) is 0 Å². The van der Waals surface area contributed by atoms with Crippen molar-refractivity contribution < 1.29 is 0 Å². The van der Waals surface area contributed by atoms with E-state index in [1.165, 1.54) is 5.39 Å². The molecule has 23 heavy (non-hydrogen) atoms. The van der Waals surface area contributed by atoms with Crippen molar-refractivity contribution in [2.75, 3.05) is 0 Å². The van der Waals surface area contributed by atoms with Crippen LogP contribution in [-0.2, 0) is 0 Å². The van der Waals surface area contributed by atoms with Gasteiger partial charge in [-0.2, -0.15) is 0 Å². The smallest absolute Gasteiger partial charge is 0.0198 e. The van der Waals surface area contributed by atoms with Gasteiger partial charge >= 0.3 is 0 Å². The van der Waals surface area contributed by atoms with Gasteiger partial charge in [0.2, 0.25) is 0 Å². The molecule has 0 bridgehead atoms. The highest BCUT2D eigenvalue weighted by atomic mass is 32.1. The van der Waals surface area contributed by atoms with Crippen molar-refractivity contribution in [3.05, 3.63) is 66.7 Å². The maximum atomic E-state index is 4.79. The molecule has 0 radical (unpaired) electrons. The molecular formula is C20H14S3. The third kappa shape index (κ3) is 2.53. The SMILES string of the molecule is Sc1cccc2ccc(-c3ccc4c(S)cccc4c3S)cc12. The van der Waals surface area contributed by atoms with Gasteiger partial charge in [0.05, 0.1) is 0 Å². The fourth-order valence-electron chi connectivity index (χ4n) is 2.98. The summed E-state index contributed by atoms with van der Waals surface area (Å²) in [6.45, 7) is 0. The zero-order chi connectivity index (χ0) is 16.0. The quantitative estimate of drug-likeness (QED) is 0.320. The Bertz CT molecular complexity index is 1050. The average Bonchev–Trinajstić information content (AvgIpc) is 2.56. The summed E-state index contributed by atoms with van der Waals surface area (Å²) in [6, 6.07) is 22.9. The molecule has 0 unspecified atom stereocenters. The summed E-state index contributed by atoms with van der Waals surface area (Å²) in [5.74, 6) is 0. The number of hydrogen-bond donors (Lipinski definition) is 3. The first-order valence-electron chi connectivity index (χ1n) is 7.31. The van der Waals surface area contributed by atoms with Crippen LogP contribution >= 0.6 is 37.9 Å². The molecule has 0 saturated heterocycles. The number of benzene rings is 4. The first kappa shape index (κ1) is 15.0. The molecule has 0 heterocycles. The summed E-state index contributed by atoms with van der Waals surface area (Å²) in [5, 5.41) is 4.60. The Balaban J connectivity index is 1.99. The Morgan fingerprint density at radius 2 is 1.30 bits per heavy atom. The third-order valence-electron chi connectivity index (χ3n) is 4.18. The van der Waals surface area contributed by atoms with Crippen LogP contribution in [0, 0.1) is 0 Å². The van der Waals surface area contributed by atoms with E-state index in [9.17, 15) is 0 Å². The first-order chi connectivity index (χ1) is 11.1. The lowest BCUT2D eigenvalue weighted by molar-refractivity contribution is 1.47. The Hall–Kier alpha value is -1.55. The maximum Gasteiger partial charge on any atom is 0.0198 e. The van der Waals surface area contributed by atoms with Crippen LogP contribution in [0.3, 0.4) is 0 Å². The van der Waals surface area contributed by atoms with E-state index < -0.39 is 0 Å². The molecule has 112 valence electrons. The summed E-state index contributed by atoms with van der Waals surface area (Å²) >= 11 is 13.9. The summed E-state index contributed by atoms with van der Waals surface area (Å²) < 4.78 is 0. The average molecular weight is 351 g/mol. The van der Waals surface area contributed by atoms with Gasteiger partial charge in [-0.1, -0.05) is 48.5 Å². The Morgan fingerprint density at radius 1 is 0.565 bits per heavy atom. The van der Waals surface area contributed by atoms with Crippen LogP contribution in [0.25, 0.3) is 32.7 Å². The lowest BCUT2D eigenvalue weighted by Gasteiger charge is -2.11. The van der Waals surface area contributed by atoms with Crippen LogP contribution in [0.5, 0.6) is 0 Å². The molecule has 0 aromatic heterocycles. The monoisotopic (exact) mass is 350 g/mol. The highest BCUT2D eigenvalue weighted by molar-refractivity contribution is 7.81. The predicted octanol–water partition coefficient (Wildman–Crippen LogP) is 6.53. The Morgan fingerprint density at radius 3 is 2.13 bits per heavy atom. The van der Waals surface area contributed by atoms with Crippen LogP contribution in [0.1, 0.15) is 0 Å². The van der Waals surface area contributed by atoms with E-state index in [0.29, 0.717) is 0 Å². The largest absolute Gasteiger partial charge is 0.143 e. The maximum absolute atomic E-state index is 4.79. The summed E-state index contributed by atoms with van der Waals surface area (Å²) in [6.07, 6.45) is 0. The van der Waals surface area contributed by atoms with Gasteiger partial charge in [-0.3, -0.25) is 0 Å². The minimum absolute atomic E-state index is 0.973. The fraction of sp³-hybridized carbons (Fsp3) is 0. The first-order valence-corrected chi connectivity index (χ1v) is 8.65. The second kappa shape index (κ2) is 5.82. The number of rotatable bonds is 1. The molecule has 0 fully saturated rings. The zero-order valence-electron chi connectivity index (χ0n) is 12.2. The lowest BCUT2D eigenvalue weighted by Crippen LogP contribution is -1.85. The van der Waals surface area contributed by atoms with E-state index in [0.717, 1.165) is 42.0 Å². The van der Waals surface area contributed by atoms with E-state index in [2.05, 4.69) is 67.7 Å². The molecule has 4 aromatic rings. The molecule has 0 aliphatic heterocycles. The molecule has 4 rings (SSSR count). The van der Waals surface area contributed by atoms with Crippen LogP contribution in [-0.4, -0.2) is 0 Å². The molecule has 0 aliphatic carbocycles. The van der Waals surface area contributed by atoms with Gasteiger partial charge in [-0.15, -0.1) is 37.9 Å². The minimum Gasteiger partial charge on any atom is -0.143 e. The van der Waals surface area contributed by atoms with Crippen LogP contribution in [0.2, 0.25) is 0 Å². The van der Waals surface area contributed by atoms with Crippen molar-refractivity contribution in [2.24, 2.45) is 0 Å². The second-order valence-electron chi connectivity index (χ2n) is 5.55. The fourth-order valence-corrected chi connectivity index (χ4v) is 3.94. The number of thiol groups is 3. The van der Waals surface area contributed by atoms with Crippen LogP contribution in [0.15, 0.2) is 81.4 Å². The van der Waals surface area contributed by atoms with Gasteiger partial charge < -0.3 is 0 Å². The summed E-state index contributed by atoms with van der Waals surface area (Å²) in [7, 11) is 0. The highest BCUT2D eigenvalue weighted by Gasteiger charge is 2.09. The third-order valence-corrected chi connectivity index (χ3v) is 5.44. The van der Waals surface area contributed by atoms with Crippen molar-refractivity contribution >= 4 is 59.4 Å². The molecule has 3 heteroatoms. The van der Waals surface area contributed by atoms with Crippen molar-refractivity contribution in [3.8, 4) is 11.1 Å². The van der Waals surface area contributed by atoms with E-state index in [1.54, 1.807) is 0 Å². The molecule has 0 N–H and O–H groups in total. The van der Waals surface area contributed by atoms with Crippen molar-refractivity contribution in [2.45, 2.75) is 14.7 Å². The summed E-state index contributed by atoms with van der Waals surface area (Å²) in [5.41, 5.74) is 2.27. The lowest BCUT2D eigenvalue weighted by atomic mass is 9.98. The highest BCUT2D eigenvalue weighted by Crippen LogP contribution is 2.36. The van der Waals surface area contributed by atoms with E-state index >= 15 is 0 Å². The van der Waals surface area contributed by atoms with Crippen molar-refractivity contribution in [1.82, 2.24) is 0 Å². The second-order valence-corrected chi connectivity index (χ2v) is 6.96. The summed E-state index contributed by atoms with van der Waals surface area (Å²) in [4.78, 5) is 2.94. The van der Waals surface area contributed by atoms with Gasteiger partial charge in [0, 0.05) is 14.7 Å². The number of hydrogen-bond acceptors (Lipinski definition) is 3. The Kier molecular flexibility index (Phi) is 3.80. The molecule has 0 amide bonds. The molecule has 0 aliphatic rings. The molecule has 0 saturated carbocycles. The number of fused-ring (bicyclic) bond motifs is 2. The van der Waals surface area contributed by atoms with Gasteiger partial charge in [0.1, 0.15) is 0 Å². The molecule has 4 aromatic carbocycles. The van der Waals surface area contributed by atoms with E-state index in [-0.39, 0.29) is 0 Å².